The van der Waals surface area contributed by atoms with Crippen LogP contribution in [0.2, 0.25) is 5.02 Å². The molecule has 3 aromatic heterocycles. The second kappa shape index (κ2) is 22.3. The topological polar surface area (TPSA) is 193 Å². The molecule has 1 fully saturated rings. The minimum atomic E-state index is -3.99. The van der Waals surface area contributed by atoms with Crippen LogP contribution < -0.4 is 18.9 Å². The molecular weight excluding hydrogens is 975 g/mol. The molecule has 0 radical (unpaired) electrons. The van der Waals surface area contributed by atoms with E-state index in [-0.39, 0.29) is 24.7 Å². The van der Waals surface area contributed by atoms with E-state index in [1.807, 2.05) is 55.5 Å². The molecule has 4 aromatic carbocycles. The van der Waals surface area contributed by atoms with Gasteiger partial charge in [0.2, 0.25) is 12.0 Å². The summed E-state index contributed by atoms with van der Waals surface area (Å²) in [6, 6.07) is 24.2. The highest BCUT2D eigenvalue weighted by Crippen LogP contribution is 2.50. The third kappa shape index (κ3) is 12.2. The van der Waals surface area contributed by atoms with Crippen molar-refractivity contribution in [2.24, 2.45) is 0 Å². The van der Waals surface area contributed by atoms with Crippen LogP contribution in [0.4, 0.5) is 4.39 Å². The molecule has 0 bridgehead atoms. The van der Waals surface area contributed by atoms with Crippen LogP contribution in [0.3, 0.4) is 0 Å². The summed E-state index contributed by atoms with van der Waals surface area (Å²) in [6.45, 7) is 6.85. The number of thiophene rings is 1. The molecule has 0 amide bonds. The van der Waals surface area contributed by atoms with E-state index in [1.54, 1.807) is 37.6 Å². The van der Waals surface area contributed by atoms with Gasteiger partial charge in [-0.3, -0.25) is 9.45 Å². The number of benzene rings is 4. The van der Waals surface area contributed by atoms with Crippen molar-refractivity contribution >= 4 is 49.2 Å². The highest BCUT2D eigenvalue weighted by atomic mass is 35.5. The predicted octanol–water partition coefficient (Wildman–Crippen LogP) is 8.46. The molecule has 0 unspecified atom stereocenters. The van der Waals surface area contributed by atoms with E-state index in [9.17, 15) is 22.7 Å². The number of nitrogens with zero attached hydrogens (tertiary/aromatic N) is 6. The summed E-state index contributed by atoms with van der Waals surface area (Å²) in [4.78, 5) is 35.4. The SMILES string of the molecule is COC(=O)[C@@H](Cc1ccccc1OCc1ccnc(-c2ccccc2OC)n1)Oc1ncnc2sc(-c3ccc(F)c(O)c3)c(-c3ccc(OCCN4CC[N+](C)(CCCS(=O)(=O)O)CC4)c(Cl)c3C)c12. The molecule has 1 saturated heterocycles. The Morgan fingerprint density at radius 2 is 1.70 bits per heavy atom. The molecule has 16 nitrogen and oxygen atoms in total. The molecule has 7 aromatic rings. The monoisotopic (exact) mass is 1030 g/mol. The number of hydrogen-bond acceptors (Lipinski definition) is 15. The van der Waals surface area contributed by atoms with Gasteiger partial charge < -0.3 is 33.3 Å². The summed E-state index contributed by atoms with van der Waals surface area (Å²) < 4.78 is 76.8. The normalized spacial score (nSPS) is 14.2. The Morgan fingerprint density at radius 3 is 2.45 bits per heavy atom. The first-order valence-electron chi connectivity index (χ1n) is 22.7. The number of piperazine rings is 1. The zero-order valence-electron chi connectivity index (χ0n) is 39.5. The number of fused-ring (bicyclic) bond motifs is 1. The standard InChI is InChI=1S/C51H52ClFN6O10S2/c1-32-36(15-17-42(46(32)52)67-26-22-58-20-24-59(2,25-21-58)23-9-27-71(62,63)64)44-45-49(55-31-56-50(45)70-47(44)34-14-16-38(53)39(60)28-34)69-43(51(61)66-4)29-33-10-5-7-12-40(33)68-30-35-18-19-54-48(57-35)37-11-6-8-13-41(37)65-3/h5-8,10-19,28,31,43H,9,20-27,29-30H2,1-4H3,(H-,60,62,63,64)/p+1/t43-/m1/s1. The lowest BCUT2D eigenvalue weighted by molar-refractivity contribution is -0.913. The van der Waals surface area contributed by atoms with Gasteiger partial charge in [0.05, 0.1) is 68.3 Å². The van der Waals surface area contributed by atoms with Crippen LogP contribution in [0.1, 0.15) is 23.2 Å². The van der Waals surface area contributed by atoms with Gasteiger partial charge in [-0.15, -0.1) is 11.3 Å². The fraction of sp³-hybridized carbons (Fsp3) is 0.314. The first-order chi connectivity index (χ1) is 34.1. The van der Waals surface area contributed by atoms with Crippen LogP contribution in [0.15, 0.2) is 97.5 Å². The van der Waals surface area contributed by atoms with E-state index in [0.717, 1.165) is 36.2 Å². The maximum absolute atomic E-state index is 14.5. The average Bonchev–Trinajstić information content (AvgIpc) is 3.76. The molecular formula is C51H53ClFN6O10S2+. The molecule has 8 rings (SSSR count). The molecule has 1 atom stereocenters. The number of halogens is 2. The Hall–Kier alpha value is -6.48. The second-order valence-corrected chi connectivity index (χ2v) is 20.3. The average molecular weight is 1030 g/mol. The van der Waals surface area contributed by atoms with Gasteiger partial charge in [-0.1, -0.05) is 54.1 Å². The maximum Gasteiger partial charge on any atom is 0.347 e. The highest BCUT2D eigenvalue weighted by Gasteiger charge is 2.31. The van der Waals surface area contributed by atoms with Crippen molar-refractivity contribution in [2.75, 3.05) is 72.9 Å². The van der Waals surface area contributed by atoms with E-state index in [4.69, 9.17) is 44.8 Å². The minimum absolute atomic E-state index is 0.0204. The van der Waals surface area contributed by atoms with Crippen molar-refractivity contribution in [3.63, 3.8) is 0 Å². The Balaban J connectivity index is 1.05. The second-order valence-electron chi connectivity index (χ2n) is 17.3. The van der Waals surface area contributed by atoms with Gasteiger partial charge in [0.1, 0.15) is 41.6 Å². The minimum Gasteiger partial charge on any atom is -0.505 e. The molecule has 0 spiro atoms. The highest BCUT2D eigenvalue weighted by molar-refractivity contribution is 7.85. The smallest absolute Gasteiger partial charge is 0.347 e. The van der Waals surface area contributed by atoms with Gasteiger partial charge in [0, 0.05) is 49.1 Å². The number of methoxy groups -OCH3 is 2. The Bertz CT molecular complexity index is 3150. The number of aromatic hydroxyl groups is 1. The number of hydrogen-bond donors (Lipinski definition) is 2. The van der Waals surface area contributed by atoms with Crippen molar-refractivity contribution in [3.8, 4) is 61.8 Å². The summed E-state index contributed by atoms with van der Waals surface area (Å²) in [5.41, 5.74) is 4.36. The van der Waals surface area contributed by atoms with Crippen LogP contribution >= 0.6 is 22.9 Å². The molecule has 20 heteroatoms. The summed E-state index contributed by atoms with van der Waals surface area (Å²) >= 11 is 8.39. The number of rotatable bonds is 20. The Morgan fingerprint density at radius 1 is 0.944 bits per heavy atom. The third-order valence-corrected chi connectivity index (χ3v) is 14.9. The fourth-order valence-corrected chi connectivity index (χ4v) is 10.4. The van der Waals surface area contributed by atoms with E-state index in [2.05, 4.69) is 26.9 Å². The summed E-state index contributed by atoms with van der Waals surface area (Å²) in [5, 5.41) is 11.3. The van der Waals surface area contributed by atoms with E-state index in [1.165, 1.54) is 36.9 Å². The number of phenols is 1. The first-order valence-corrected chi connectivity index (χ1v) is 25.5. The summed E-state index contributed by atoms with van der Waals surface area (Å²) in [5.74, 6) is -0.0966. The third-order valence-electron chi connectivity index (χ3n) is 12.5. The molecule has 1 aliphatic rings. The van der Waals surface area contributed by atoms with Gasteiger partial charge >= 0.3 is 5.97 Å². The number of ether oxygens (including phenoxy) is 5. The lowest BCUT2D eigenvalue weighted by Crippen LogP contribution is -2.58. The zero-order valence-corrected chi connectivity index (χ0v) is 41.9. The number of phenolic OH excluding ortho intramolecular Hbond substituents is 1. The first kappa shape index (κ1) is 50.9. The lowest BCUT2D eigenvalue weighted by atomic mass is 9.95. The number of likely N-dealkylation sites (N-methyl/N-ethyl adjacent to an activating group) is 1. The number of esters is 1. The number of aromatic nitrogens is 4. The molecule has 1 aliphatic heterocycles. The Kier molecular flexibility index (Phi) is 16.0. The number of quaternary nitrogens is 1. The van der Waals surface area contributed by atoms with Crippen molar-refractivity contribution in [1.29, 1.82) is 0 Å². The quantitative estimate of drug-likeness (QED) is 0.0419. The van der Waals surface area contributed by atoms with Crippen LogP contribution in [-0.2, 0) is 32.7 Å². The van der Waals surface area contributed by atoms with Crippen LogP contribution in [0.25, 0.3) is 43.2 Å². The van der Waals surface area contributed by atoms with Crippen molar-refractivity contribution in [2.45, 2.75) is 32.5 Å². The van der Waals surface area contributed by atoms with Crippen LogP contribution in [0.5, 0.6) is 28.9 Å². The maximum atomic E-state index is 14.5. The van der Waals surface area contributed by atoms with Gasteiger partial charge in [0.15, 0.2) is 17.4 Å². The van der Waals surface area contributed by atoms with Crippen LogP contribution in [0, 0.1) is 12.7 Å². The van der Waals surface area contributed by atoms with Crippen molar-refractivity contribution in [1.82, 2.24) is 24.8 Å². The number of carbonyl (C=O) groups excluding carboxylic acids is 1. The Labute approximate surface area is 419 Å². The molecule has 2 N–H and O–H groups in total. The van der Waals surface area contributed by atoms with Crippen LogP contribution in [-0.4, -0.2) is 132 Å². The predicted molar refractivity (Wildman–Crippen MR) is 268 cm³/mol. The number of para-hydroxylation sites is 2. The largest absolute Gasteiger partial charge is 0.505 e. The van der Waals surface area contributed by atoms with E-state index >= 15 is 0 Å². The molecule has 372 valence electrons. The molecule has 0 saturated carbocycles. The van der Waals surface area contributed by atoms with E-state index < -0.39 is 33.8 Å². The molecule has 0 aliphatic carbocycles. The summed E-state index contributed by atoms with van der Waals surface area (Å²) in [7, 11) is 0.970. The van der Waals surface area contributed by atoms with Gasteiger partial charge in [-0.05, 0) is 71.6 Å². The van der Waals surface area contributed by atoms with Crippen molar-refractivity contribution in [3.05, 3.63) is 125 Å². The van der Waals surface area contributed by atoms with Gasteiger partial charge in [0.25, 0.3) is 10.1 Å². The number of carbonyl (C=O) groups is 1. The van der Waals surface area contributed by atoms with Gasteiger partial charge in [-0.2, -0.15) is 8.42 Å². The van der Waals surface area contributed by atoms with E-state index in [0.29, 0.717) is 103 Å². The molecule has 4 heterocycles. The van der Waals surface area contributed by atoms with Crippen molar-refractivity contribution < 1.29 is 55.4 Å². The summed E-state index contributed by atoms with van der Waals surface area (Å²) in [6.07, 6.45) is 2.18. The fourth-order valence-electron chi connectivity index (χ4n) is 8.54. The zero-order chi connectivity index (χ0) is 50.3. The van der Waals surface area contributed by atoms with Gasteiger partial charge in [-0.25, -0.2) is 29.1 Å². The lowest BCUT2D eigenvalue weighted by Gasteiger charge is -2.42. The molecule has 71 heavy (non-hydrogen) atoms.